The van der Waals surface area contributed by atoms with Crippen LogP contribution in [0.25, 0.3) is 0 Å². The Morgan fingerprint density at radius 3 is 2.16 bits per heavy atom. The quantitative estimate of drug-likeness (QED) is 0.817. The first-order valence-electron chi connectivity index (χ1n) is 8.42. The fourth-order valence-corrected chi connectivity index (χ4v) is 2.93. The van der Waals surface area contributed by atoms with Crippen molar-refractivity contribution in [2.24, 2.45) is 11.8 Å². The van der Waals surface area contributed by atoms with Crippen molar-refractivity contribution in [3.05, 3.63) is 59.1 Å². The van der Waals surface area contributed by atoms with Crippen molar-refractivity contribution in [2.75, 3.05) is 10.6 Å². The summed E-state index contributed by atoms with van der Waals surface area (Å²) >= 11 is 6.04. The average molecular weight is 357 g/mol. The van der Waals surface area contributed by atoms with Crippen LogP contribution in [0, 0.1) is 11.8 Å². The molecule has 2 aromatic carbocycles. The Morgan fingerprint density at radius 1 is 0.960 bits per heavy atom. The minimum atomic E-state index is -0.300. The normalized spacial score (nSPS) is 18.7. The van der Waals surface area contributed by atoms with Crippen molar-refractivity contribution in [3.8, 4) is 0 Å². The van der Waals surface area contributed by atoms with E-state index in [0.29, 0.717) is 23.0 Å². The minimum Gasteiger partial charge on any atom is -0.326 e. The molecular formula is C20H21ClN2O2. The molecule has 2 N–H and O–H groups in total. The lowest BCUT2D eigenvalue weighted by atomic mass is 10.0. The van der Waals surface area contributed by atoms with Crippen LogP contribution in [0.2, 0.25) is 5.02 Å². The van der Waals surface area contributed by atoms with Gasteiger partial charge in [0, 0.05) is 5.69 Å². The molecule has 2 unspecified atom stereocenters. The number of para-hydroxylation sites is 1. The van der Waals surface area contributed by atoms with Crippen molar-refractivity contribution in [1.82, 2.24) is 0 Å². The highest BCUT2D eigenvalue weighted by molar-refractivity contribution is 6.33. The second-order valence-electron chi connectivity index (χ2n) is 6.68. The maximum Gasteiger partial charge on any atom is 0.228 e. The number of benzene rings is 2. The lowest BCUT2D eigenvalue weighted by molar-refractivity contribution is -0.122. The molecule has 2 aromatic rings. The summed E-state index contributed by atoms with van der Waals surface area (Å²) in [5, 5.41) is 6.16. The summed E-state index contributed by atoms with van der Waals surface area (Å²) in [6.45, 7) is 4.25. The van der Waals surface area contributed by atoms with Crippen molar-refractivity contribution >= 4 is 34.8 Å². The number of carbonyl (C=O) groups is 2. The van der Waals surface area contributed by atoms with Gasteiger partial charge in [-0.25, -0.2) is 0 Å². The van der Waals surface area contributed by atoms with Gasteiger partial charge in [-0.2, -0.15) is 0 Å². The predicted molar refractivity (Wildman–Crippen MR) is 101 cm³/mol. The van der Waals surface area contributed by atoms with E-state index < -0.39 is 0 Å². The number of amides is 2. The molecule has 5 heteroatoms. The number of hydrogen-bond donors (Lipinski definition) is 2. The molecule has 1 aliphatic rings. The Kier molecular flexibility index (Phi) is 5.09. The highest BCUT2D eigenvalue weighted by Crippen LogP contribution is 2.40. The number of rotatable bonds is 5. The first-order valence-corrected chi connectivity index (χ1v) is 8.79. The van der Waals surface area contributed by atoms with E-state index >= 15 is 0 Å². The van der Waals surface area contributed by atoms with Crippen LogP contribution in [0.5, 0.6) is 0 Å². The maximum absolute atomic E-state index is 12.3. The molecule has 2 atom stereocenters. The van der Waals surface area contributed by atoms with E-state index in [9.17, 15) is 9.59 Å². The molecular weight excluding hydrogens is 336 g/mol. The van der Waals surface area contributed by atoms with Gasteiger partial charge in [-0.15, -0.1) is 0 Å². The van der Waals surface area contributed by atoms with Crippen LogP contribution in [-0.2, 0) is 9.59 Å². The largest absolute Gasteiger partial charge is 0.326 e. The highest BCUT2D eigenvalue weighted by Gasteiger charge is 2.48. The molecule has 0 radical (unpaired) electrons. The van der Waals surface area contributed by atoms with Crippen LogP contribution in [0.1, 0.15) is 31.7 Å². The molecule has 1 fully saturated rings. The molecule has 0 aliphatic heterocycles. The molecule has 25 heavy (non-hydrogen) atoms. The van der Waals surface area contributed by atoms with Crippen LogP contribution >= 0.6 is 11.6 Å². The van der Waals surface area contributed by atoms with Gasteiger partial charge in [0.2, 0.25) is 11.8 Å². The monoisotopic (exact) mass is 356 g/mol. The number of carbonyl (C=O) groups excluding carboxylic acids is 2. The molecule has 3 rings (SSSR count). The predicted octanol–water partition coefficient (Wildman–Crippen LogP) is 4.68. The second kappa shape index (κ2) is 7.28. The zero-order chi connectivity index (χ0) is 18.0. The maximum atomic E-state index is 12.3. The van der Waals surface area contributed by atoms with Crippen LogP contribution < -0.4 is 10.6 Å². The fraction of sp³-hybridized carbons (Fsp3) is 0.300. The average Bonchev–Trinajstić information content (AvgIpc) is 3.38. The van der Waals surface area contributed by atoms with Crippen molar-refractivity contribution in [2.45, 2.75) is 26.2 Å². The van der Waals surface area contributed by atoms with Gasteiger partial charge in [-0.3, -0.25) is 9.59 Å². The topological polar surface area (TPSA) is 58.2 Å². The van der Waals surface area contributed by atoms with Gasteiger partial charge in [0.1, 0.15) is 0 Å². The molecule has 1 saturated carbocycles. The van der Waals surface area contributed by atoms with E-state index in [1.165, 1.54) is 5.56 Å². The van der Waals surface area contributed by atoms with Crippen LogP contribution in [0.3, 0.4) is 0 Å². The summed E-state index contributed by atoms with van der Waals surface area (Å²) in [5.74, 6) is -0.412. The number of halogens is 1. The van der Waals surface area contributed by atoms with Crippen LogP contribution in [0.15, 0.2) is 48.5 Å². The smallest absolute Gasteiger partial charge is 0.228 e. The Morgan fingerprint density at radius 2 is 1.56 bits per heavy atom. The summed E-state index contributed by atoms with van der Waals surface area (Å²) < 4.78 is 0. The van der Waals surface area contributed by atoms with E-state index in [1.54, 1.807) is 24.3 Å². The molecule has 0 heterocycles. The number of nitrogens with one attached hydrogen (secondary N) is 2. The standard InChI is InChI=1S/C20H21ClN2O2/c1-12(2)13-7-9-14(10-8-13)22-19(24)15-11-16(15)20(25)23-18-6-4-3-5-17(18)21/h3-10,12,15-16H,11H2,1-2H3,(H,22,24)(H,23,25). The first-order chi connectivity index (χ1) is 12.0. The van der Waals surface area contributed by atoms with E-state index in [-0.39, 0.29) is 23.7 Å². The van der Waals surface area contributed by atoms with Gasteiger partial charge < -0.3 is 10.6 Å². The number of hydrogen-bond acceptors (Lipinski definition) is 2. The Balaban J connectivity index is 1.55. The van der Waals surface area contributed by atoms with Gasteiger partial charge in [0.05, 0.1) is 22.5 Å². The summed E-state index contributed by atoms with van der Waals surface area (Å²) in [6, 6.07) is 14.9. The molecule has 4 nitrogen and oxygen atoms in total. The second-order valence-corrected chi connectivity index (χ2v) is 7.09. The molecule has 0 bridgehead atoms. The fourth-order valence-electron chi connectivity index (χ4n) is 2.75. The van der Waals surface area contributed by atoms with E-state index in [0.717, 1.165) is 5.69 Å². The van der Waals surface area contributed by atoms with Gasteiger partial charge in [0.15, 0.2) is 0 Å². The first kappa shape index (κ1) is 17.5. The van der Waals surface area contributed by atoms with Crippen LogP contribution in [-0.4, -0.2) is 11.8 Å². The third-order valence-electron chi connectivity index (χ3n) is 4.44. The lowest BCUT2D eigenvalue weighted by Gasteiger charge is -2.09. The van der Waals surface area contributed by atoms with Crippen molar-refractivity contribution in [1.29, 1.82) is 0 Å². The zero-order valence-corrected chi connectivity index (χ0v) is 15.0. The number of anilines is 2. The van der Waals surface area contributed by atoms with E-state index in [4.69, 9.17) is 11.6 Å². The summed E-state index contributed by atoms with van der Waals surface area (Å²) in [7, 11) is 0. The van der Waals surface area contributed by atoms with E-state index in [1.807, 2.05) is 24.3 Å². The molecule has 0 spiro atoms. The SMILES string of the molecule is CC(C)c1ccc(NC(=O)C2CC2C(=O)Nc2ccccc2Cl)cc1. The van der Waals surface area contributed by atoms with Gasteiger partial charge in [-0.05, 0) is 42.2 Å². The Bertz CT molecular complexity index is 787. The van der Waals surface area contributed by atoms with Crippen LogP contribution in [0.4, 0.5) is 11.4 Å². The molecule has 0 aromatic heterocycles. The van der Waals surface area contributed by atoms with Gasteiger partial charge in [0.25, 0.3) is 0 Å². The van der Waals surface area contributed by atoms with Crippen molar-refractivity contribution < 1.29 is 9.59 Å². The van der Waals surface area contributed by atoms with Gasteiger partial charge >= 0.3 is 0 Å². The third-order valence-corrected chi connectivity index (χ3v) is 4.77. The van der Waals surface area contributed by atoms with E-state index in [2.05, 4.69) is 24.5 Å². The molecule has 2 amide bonds. The van der Waals surface area contributed by atoms with Crippen molar-refractivity contribution in [3.63, 3.8) is 0 Å². The molecule has 1 aliphatic carbocycles. The molecule has 0 saturated heterocycles. The molecule has 130 valence electrons. The third kappa shape index (κ3) is 4.20. The summed E-state index contributed by atoms with van der Waals surface area (Å²) in [5.41, 5.74) is 2.55. The Labute approximate surface area is 152 Å². The zero-order valence-electron chi connectivity index (χ0n) is 14.3. The highest BCUT2D eigenvalue weighted by atomic mass is 35.5. The summed E-state index contributed by atoms with van der Waals surface area (Å²) in [6.07, 6.45) is 0.562. The summed E-state index contributed by atoms with van der Waals surface area (Å²) in [4.78, 5) is 24.6. The van der Waals surface area contributed by atoms with Gasteiger partial charge in [-0.1, -0.05) is 49.7 Å². The Hall–Kier alpha value is -2.33. The minimum absolute atomic E-state index is 0.114. The lowest BCUT2D eigenvalue weighted by Crippen LogP contribution is -2.20.